The van der Waals surface area contributed by atoms with Crippen LogP contribution in [0.5, 0.6) is 0 Å². The molecule has 1 N–H and O–H groups in total. The highest BCUT2D eigenvalue weighted by molar-refractivity contribution is 9.10. The van der Waals surface area contributed by atoms with Gasteiger partial charge in [0.15, 0.2) is 0 Å². The standard InChI is InChI=1S/C13H14BrClN4O/c14-10-7-11(12(15)18-8-10)13(20)17-3-1-2-5-19-6-4-16-9-19/h4,6-9H,1-3,5H2,(H,17,20). The van der Waals surface area contributed by atoms with Crippen LogP contribution < -0.4 is 5.32 Å². The van der Waals surface area contributed by atoms with Crippen LogP contribution in [0.3, 0.4) is 0 Å². The molecule has 0 fully saturated rings. The van der Waals surface area contributed by atoms with Gasteiger partial charge < -0.3 is 9.88 Å². The van der Waals surface area contributed by atoms with Gasteiger partial charge in [0.25, 0.3) is 5.91 Å². The summed E-state index contributed by atoms with van der Waals surface area (Å²) in [6, 6.07) is 1.66. The fourth-order valence-electron chi connectivity index (χ4n) is 1.72. The van der Waals surface area contributed by atoms with E-state index in [1.54, 1.807) is 24.8 Å². The molecule has 0 aliphatic heterocycles. The predicted octanol–water partition coefficient (Wildman–Crippen LogP) is 2.90. The first-order valence-corrected chi connectivity index (χ1v) is 7.39. The Morgan fingerprint density at radius 3 is 3.05 bits per heavy atom. The molecular formula is C13H14BrClN4O. The lowest BCUT2D eigenvalue weighted by Crippen LogP contribution is -2.25. The molecular weight excluding hydrogens is 344 g/mol. The Balaban J connectivity index is 1.73. The first kappa shape index (κ1) is 15.0. The second-order valence-electron chi connectivity index (χ2n) is 4.26. The number of carbonyl (C=O) groups is 1. The second kappa shape index (κ2) is 7.40. The summed E-state index contributed by atoms with van der Waals surface area (Å²) in [6.07, 6.45) is 8.88. The van der Waals surface area contributed by atoms with Gasteiger partial charge in [-0.3, -0.25) is 4.79 Å². The van der Waals surface area contributed by atoms with E-state index < -0.39 is 0 Å². The number of aromatic nitrogens is 3. The van der Waals surface area contributed by atoms with Gasteiger partial charge in [0.1, 0.15) is 5.15 Å². The van der Waals surface area contributed by atoms with Crippen molar-refractivity contribution >= 4 is 33.4 Å². The van der Waals surface area contributed by atoms with Gasteiger partial charge in [0.05, 0.1) is 11.9 Å². The number of nitrogens with one attached hydrogen (secondary N) is 1. The van der Waals surface area contributed by atoms with Gasteiger partial charge in [-0.15, -0.1) is 0 Å². The molecule has 2 heterocycles. The molecule has 2 aromatic rings. The molecule has 0 bridgehead atoms. The number of imidazole rings is 1. The van der Waals surface area contributed by atoms with E-state index in [1.807, 2.05) is 10.8 Å². The van der Waals surface area contributed by atoms with E-state index in [4.69, 9.17) is 11.6 Å². The van der Waals surface area contributed by atoms with E-state index in [0.29, 0.717) is 12.1 Å². The zero-order valence-corrected chi connectivity index (χ0v) is 13.1. The summed E-state index contributed by atoms with van der Waals surface area (Å²) in [4.78, 5) is 19.8. The summed E-state index contributed by atoms with van der Waals surface area (Å²) >= 11 is 9.17. The van der Waals surface area contributed by atoms with E-state index in [0.717, 1.165) is 23.9 Å². The summed E-state index contributed by atoms with van der Waals surface area (Å²) in [6.45, 7) is 1.51. The normalized spacial score (nSPS) is 10.5. The highest BCUT2D eigenvalue weighted by Crippen LogP contribution is 2.17. The maximum atomic E-state index is 11.9. The van der Waals surface area contributed by atoms with Crippen molar-refractivity contribution in [3.63, 3.8) is 0 Å². The first-order chi connectivity index (χ1) is 9.66. The van der Waals surface area contributed by atoms with Crippen LogP contribution in [0.2, 0.25) is 5.15 Å². The summed E-state index contributed by atoms with van der Waals surface area (Å²) in [7, 11) is 0. The molecule has 106 valence electrons. The maximum Gasteiger partial charge on any atom is 0.254 e. The largest absolute Gasteiger partial charge is 0.352 e. The number of rotatable bonds is 6. The van der Waals surface area contributed by atoms with Gasteiger partial charge in [-0.05, 0) is 34.8 Å². The molecule has 20 heavy (non-hydrogen) atoms. The zero-order chi connectivity index (χ0) is 14.4. The number of nitrogens with zero attached hydrogens (tertiary/aromatic N) is 3. The maximum absolute atomic E-state index is 11.9. The molecule has 0 aliphatic rings. The molecule has 0 aliphatic carbocycles. The van der Waals surface area contributed by atoms with Crippen LogP contribution in [0.4, 0.5) is 0 Å². The monoisotopic (exact) mass is 356 g/mol. The van der Waals surface area contributed by atoms with Crippen LogP contribution in [0.15, 0.2) is 35.5 Å². The van der Waals surface area contributed by atoms with E-state index in [1.165, 1.54) is 0 Å². The van der Waals surface area contributed by atoms with Crippen molar-refractivity contribution in [3.8, 4) is 0 Å². The molecule has 2 rings (SSSR count). The van der Waals surface area contributed by atoms with Crippen LogP contribution >= 0.6 is 27.5 Å². The van der Waals surface area contributed by atoms with Crippen LogP contribution in [-0.2, 0) is 6.54 Å². The molecule has 0 saturated carbocycles. The second-order valence-corrected chi connectivity index (χ2v) is 5.53. The van der Waals surface area contributed by atoms with Crippen molar-refractivity contribution in [1.82, 2.24) is 19.9 Å². The summed E-state index contributed by atoms with van der Waals surface area (Å²) in [5, 5.41) is 3.05. The van der Waals surface area contributed by atoms with Crippen molar-refractivity contribution in [3.05, 3.63) is 46.2 Å². The number of aryl methyl sites for hydroxylation is 1. The third-order valence-corrected chi connectivity index (χ3v) is 3.47. The Hall–Kier alpha value is -1.40. The van der Waals surface area contributed by atoms with Crippen LogP contribution in [-0.4, -0.2) is 27.0 Å². The summed E-state index contributed by atoms with van der Waals surface area (Å²) < 4.78 is 2.74. The Morgan fingerprint density at radius 2 is 2.30 bits per heavy atom. The van der Waals surface area contributed by atoms with Crippen LogP contribution in [0, 0.1) is 0 Å². The number of carbonyl (C=O) groups excluding carboxylic acids is 1. The fraction of sp³-hybridized carbons (Fsp3) is 0.308. The minimum atomic E-state index is -0.202. The van der Waals surface area contributed by atoms with Gasteiger partial charge in [0.2, 0.25) is 0 Å². The third kappa shape index (κ3) is 4.31. The number of amides is 1. The lowest BCUT2D eigenvalue weighted by molar-refractivity contribution is 0.0952. The van der Waals surface area contributed by atoms with Crippen molar-refractivity contribution < 1.29 is 4.79 Å². The topological polar surface area (TPSA) is 59.8 Å². The van der Waals surface area contributed by atoms with Crippen LogP contribution in [0.25, 0.3) is 0 Å². The number of unbranched alkanes of at least 4 members (excludes halogenated alkanes) is 1. The highest BCUT2D eigenvalue weighted by Gasteiger charge is 2.11. The van der Waals surface area contributed by atoms with Gasteiger partial charge >= 0.3 is 0 Å². The SMILES string of the molecule is O=C(NCCCCn1ccnc1)c1cc(Br)cnc1Cl. The molecule has 0 atom stereocenters. The Bertz CT molecular complexity index is 574. The lowest BCUT2D eigenvalue weighted by Gasteiger charge is -2.07. The van der Waals surface area contributed by atoms with Crippen LogP contribution in [0.1, 0.15) is 23.2 Å². The van der Waals surface area contributed by atoms with E-state index in [2.05, 4.69) is 31.2 Å². The molecule has 2 aromatic heterocycles. The van der Waals surface area contributed by atoms with Crippen molar-refractivity contribution in [2.45, 2.75) is 19.4 Å². The molecule has 7 heteroatoms. The Labute approximate surface area is 130 Å². The first-order valence-electron chi connectivity index (χ1n) is 6.22. The molecule has 0 aromatic carbocycles. The van der Waals surface area contributed by atoms with Crippen molar-refractivity contribution in [2.75, 3.05) is 6.54 Å². The molecule has 0 unspecified atom stereocenters. The Kier molecular flexibility index (Phi) is 5.55. The highest BCUT2D eigenvalue weighted by atomic mass is 79.9. The van der Waals surface area contributed by atoms with Gasteiger partial charge in [0, 0.05) is 36.2 Å². The zero-order valence-electron chi connectivity index (χ0n) is 10.7. The summed E-state index contributed by atoms with van der Waals surface area (Å²) in [5.41, 5.74) is 0.385. The van der Waals surface area contributed by atoms with E-state index in [9.17, 15) is 4.79 Å². The minimum absolute atomic E-state index is 0.202. The van der Waals surface area contributed by atoms with Crippen molar-refractivity contribution in [2.24, 2.45) is 0 Å². The summed E-state index contributed by atoms with van der Waals surface area (Å²) in [5.74, 6) is -0.202. The molecule has 1 amide bonds. The third-order valence-electron chi connectivity index (χ3n) is 2.74. The molecule has 0 radical (unpaired) electrons. The van der Waals surface area contributed by atoms with E-state index >= 15 is 0 Å². The molecule has 0 spiro atoms. The predicted molar refractivity (Wildman–Crippen MR) is 80.7 cm³/mol. The molecule has 0 saturated heterocycles. The quantitative estimate of drug-likeness (QED) is 0.639. The number of hydrogen-bond acceptors (Lipinski definition) is 3. The number of halogens is 2. The minimum Gasteiger partial charge on any atom is -0.352 e. The Morgan fingerprint density at radius 1 is 1.45 bits per heavy atom. The van der Waals surface area contributed by atoms with Crippen molar-refractivity contribution in [1.29, 1.82) is 0 Å². The van der Waals surface area contributed by atoms with Gasteiger partial charge in [-0.2, -0.15) is 0 Å². The van der Waals surface area contributed by atoms with Gasteiger partial charge in [-0.25, -0.2) is 9.97 Å². The lowest BCUT2D eigenvalue weighted by atomic mass is 10.2. The number of pyridine rings is 1. The fourth-order valence-corrected chi connectivity index (χ4v) is 2.24. The van der Waals surface area contributed by atoms with E-state index in [-0.39, 0.29) is 11.1 Å². The average Bonchev–Trinajstić information content (AvgIpc) is 2.94. The smallest absolute Gasteiger partial charge is 0.254 e. The molecule has 5 nitrogen and oxygen atoms in total. The average molecular weight is 358 g/mol. The number of hydrogen-bond donors (Lipinski definition) is 1. The van der Waals surface area contributed by atoms with Gasteiger partial charge in [-0.1, -0.05) is 11.6 Å².